The summed E-state index contributed by atoms with van der Waals surface area (Å²) in [5.41, 5.74) is 6.51. The van der Waals surface area contributed by atoms with Crippen LogP contribution in [-0.2, 0) is 0 Å². The molecule has 0 radical (unpaired) electrons. The van der Waals surface area contributed by atoms with Crippen LogP contribution in [0.5, 0.6) is 0 Å². The van der Waals surface area contributed by atoms with Crippen LogP contribution < -0.4 is 10.6 Å². The van der Waals surface area contributed by atoms with Gasteiger partial charge in [-0.3, -0.25) is 0 Å². The molecule has 2 aromatic rings. The lowest BCUT2D eigenvalue weighted by Gasteiger charge is -2.10. The van der Waals surface area contributed by atoms with Crippen molar-refractivity contribution >= 4 is 11.9 Å². The molecule has 7 nitrogen and oxygen atoms in total. The van der Waals surface area contributed by atoms with Crippen LogP contribution in [0.15, 0.2) is 12.3 Å². The van der Waals surface area contributed by atoms with E-state index in [2.05, 4.69) is 20.1 Å². The van der Waals surface area contributed by atoms with Crippen molar-refractivity contribution in [1.29, 1.82) is 0 Å². The molecule has 16 heavy (non-hydrogen) atoms. The van der Waals surface area contributed by atoms with Crippen molar-refractivity contribution < 1.29 is 0 Å². The zero-order valence-corrected chi connectivity index (χ0v) is 9.42. The van der Waals surface area contributed by atoms with Gasteiger partial charge in [0.15, 0.2) is 0 Å². The molecule has 0 fully saturated rings. The lowest BCUT2D eigenvalue weighted by atomic mass is 10.5. The van der Waals surface area contributed by atoms with E-state index < -0.39 is 0 Å². The van der Waals surface area contributed by atoms with Crippen molar-refractivity contribution in [2.45, 2.75) is 6.92 Å². The number of nitrogens with zero attached hydrogens (tertiary/aromatic N) is 6. The summed E-state index contributed by atoms with van der Waals surface area (Å²) < 4.78 is 1.57. The third-order valence-corrected chi connectivity index (χ3v) is 1.96. The average molecular weight is 219 g/mol. The first-order valence-electron chi connectivity index (χ1n) is 4.78. The van der Waals surface area contributed by atoms with Gasteiger partial charge in [0.2, 0.25) is 11.9 Å². The summed E-state index contributed by atoms with van der Waals surface area (Å²) in [6.07, 6.45) is 1.78. The van der Waals surface area contributed by atoms with Crippen LogP contribution in [0.1, 0.15) is 5.69 Å². The molecule has 0 amide bonds. The number of nitrogen functional groups attached to an aromatic ring is 1. The SMILES string of the molecule is Cc1ccn(-c2nc(N)nc(N(C)C)n2)n1. The molecule has 0 aliphatic carbocycles. The Morgan fingerprint density at radius 3 is 2.56 bits per heavy atom. The molecular weight excluding hydrogens is 206 g/mol. The predicted octanol–water partition coefficient (Wildman–Crippen LogP) is 0.0139. The summed E-state index contributed by atoms with van der Waals surface area (Å²) >= 11 is 0. The first-order valence-corrected chi connectivity index (χ1v) is 4.78. The number of aromatic nitrogens is 5. The normalized spacial score (nSPS) is 10.4. The van der Waals surface area contributed by atoms with Crippen molar-refractivity contribution in [2.75, 3.05) is 24.7 Å². The summed E-state index contributed by atoms with van der Waals surface area (Å²) in [5, 5.41) is 4.21. The van der Waals surface area contributed by atoms with E-state index in [9.17, 15) is 0 Å². The maximum Gasteiger partial charge on any atom is 0.257 e. The number of aryl methyl sites for hydroxylation is 1. The van der Waals surface area contributed by atoms with Gasteiger partial charge >= 0.3 is 0 Å². The monoisotopic (exact) mass is 219 g/mol. The Kier molecular flexibility index (Phi) is 2.43. The highest BCUT2D eigenvalue weighted by molar-refractivity contribution is 5.36. The Balaban J connectivity index is 2.49. The van der Waals surface area contributed by atoms with Gasteiger partial charge in [-0.15, -0.1) is 0 Å². The fourth-order valence-corrected chi connectivity index (χ4v) is 1.20. The highest BCUT2D eigenvalue weighted by Gasteiger charge is 2.08. The zero-order chi connectivity index (χ0) is 11.7. The Labute approximate surface area is 92.9 Å². The number of anilines is 2. The molecule has 0 spiro atoms. The van der Waals surface area contributed by atoms with Gasteiger partial charge in [-0.25, -0.2) is 4.68 Å². The molecule has 0 bridgehead atoms. The summed E-state index contributed by atoms with van der Waals surface area (Å²) in [6.45, 7) is 1.90. The second-order valence-corrected chi connectivity index (χ2v) is 3.59. The van der Waals surface area contributed by atoms with Gasteiger partial charge < -0.3 is 10.6 Å². The first-order chi connectivity index (χ1) is 7.56. The van der Waals surface area contributed by atoms with Gasteiger partial charge in [-0.05, 0) is 13.0 Å². The highest BCUT2D eigenvalue weighted by atomic mass is 15.4. The molecule has 0 aliphatic heterocycles. The fraction of sp³-hybridized carbons (Fsp3) is 0.333. The Morgan fingerprint density at radius 2 is 2.00 bits per heavy atom. The van der Waals surface area contributed by atoms with Crippen molar-refractivity contribution in [1.82, 2.24) is 24.7 Å². The van der Waals surface area contributed by atoms with Crippen LogP contribution in [0.4, 0.5) is 11.9 Å². The molecule has 7 heteroatoms. The topological polar surface area (TPSA) is 85.8 Å². The number of rotatable bonds is 2. The Morgan fingerprint density at radius 1 is 1.25 bits per heavy atom. The van der Waals surface area contributed by atoms with E-state index in [1.54, 1.807) is 15.8 Å². The first kappa shape index (κ1) is 10.3. The van der Waals surface area contributed by atoms with E-state index in [0.29, 0.717) is 11.9 Å². The lowest BCUT2D eigenvalue weighted by Crippen LogP contribution is -2.17. The molecule has 0 aromatic carbocycles. The van der Waals surface area contributed by atoms with Gasteiger partial charge in [0, 0.05) is 20.3 Å². The third kappa shape index (κ3) is 1.92. The molecular formula is C9H13N7. The lowest BCUT2D eigenvalue weighted by molar-refractivity contribution is 0.783. The minimum absolute atomic E-state index is 0.182. The van der Waals surface area contributed by atoms with Crippen molar-refractivity contribution in [3.05, 3.63) is 18.0 Å². The number of hydrogen-bond acceptors (Lipinski definition) is 6. The van der Waals surface area contributed by atoms with Crippen molar-refractivity contribution in [2.24, 2.45) is 0 Å². The molecule has 0 saturated carbocycles. The van der Waals surface area contributed by atoms with Crippen LogP contribution in [0.2, 0.25) is 0 Å². The predicted molar refractivity (Wildman–Crippen MR) is 60.4 cm³/mol. The molecule has 2 rings (SSSR count). The van der Waals surface area contributed by atoms with E-state index in [1.807, 2.05) is 27.1 Å². The molecule has 2 aromatic heterocycles. The summed E-state index contributed by atoms with van der Waals surface area (Å²) in [4.78, 5) is 14.0. The van der Waals surface area contributed by atoms with Gasteiger partial charge in [-0.2, -0.15) is 20.1 Å². The van der Waals surface area contributed by atoms with E-state index in [4.69, 9.17) is 5.73 Å². The number of nitrogens with two attached hydrogens (primary N) is 1. The largest absolute Gasteiger partial charge is 0.368 e. The highest BCUT2D eigenvalue weighted by Crippen LogP contribution is 2.08. The Bertz CT molecular complexity index is 502. The quantitative estimate of drug-likeness (QED) is 0.766. The summed E-state index contributed by atoms with van der Waals surface area (Å²) in [5.74, 6) is 1.11. The molecule has 0 unspecified atom stereocenters. The van der Waals surface area contributed by atoms with Gasteiger partial charge in [-0.1, -0.05) is 0 Å². The standard InChI is InChI=1S/C9H13N7/c1-6-4-5-16(14-6)9-12-7(10)11-8(13-9)15(2)3/h4-5H,1-3H3,(H2,10,11,12,13). The van der Waals surface area contributed by atoms with E-state index in [-0.39, 0.29) is 5.95 Å². The van der Waals surface area contributed by atoms with E-state index in [1.165, 1.54) is 0 Å². The van der Waals surface area contributed by atoms with E-state index >= 15 is 0 Å². The van der Waals surface area contributed by atoms with Crippen molar-refractivity contribution in [3.8, 4) is 5.95 Å². The minimum Gasteiger partial charge on any atom is -0.368 e. The summed E-state index contributed by atoms with van der Waals surface area (Å²) in [6, 6.07) is 1.87. The van der Waals surface area contributed by atoms with Crippen LogP contribution in [-0.4, -0.2) is 38.8 Å². The third-order valence-electron chi connectivity index (χ3n) is 1.96. The fourth-order valence-electron chi connectivity index (χ4n) is 1.20. The second-order valence-electron chi connectivity index (χ2n) is 3.59. The van der Waals surface area contributed by atoms with Crippen LogP contribution >= 0.6 is 0 Å². The smallest absolute Gasteiger partial charge is 0.257 e. The Hall–Kier alpha value is -2.18. The number of hydrogen-bond donors (Lipinski definition) is 1. The van der Waals surface area contributed by atoms with E-state index in [0.717, 1.165) is 5.69 Å². The van der Waals surface area contributed by atoms with Crippen molar-refractivity contribution in [3.63, 3.8) is 0 Å². The maximum atomic E-state index is 5.61. The van der Waals surface area contributed by atoms with Crippen LogP contribution in [0.3, 0.4) is 0 Å². The molecule has 0 aliphatic rings. The van der Waals surface area contributed by atoms with Gasteiger partial charge in [0.1, 0.15) is 0 Å². The van der Waals surface area contributed by atoms with Gasteiger partial charge in [0.05, 0.1) is 5.69 Å². The molecule has 84 valence electrons. The molecule has 2 heterocycles. The van der Waals surface area contributed by atoms with Gasteiger partial charge in [0.25, 0.3) is 5.95 Å². The molecule has 2 N–H and O–H groups in total. The van der Waals surface area contributed by atoms with Crippen LogP contribution in [0.25, 0.3) is 5.95 Å². The summed E-state index contributed by atoms with van der Waals surface area (Å²) in [7, 11) is 3.68. The maximum absolute atomic E-state index is 5.61. The molecule has 0 saturated heterocycles. The average Bonchev–Trinajstić information content (AvgIpc) is 2.64. The van der Waals surface area contributed by atoms with Crippen LogP contribution in [0, 0.1) is 6.92 Å². The molecule has 0 atom stereocenters. The minimum atomic E-state index is 0.182. The zero-order valence-electron chi connectivity index (χ0n) is 9.42. The second kappa shape index (κ2) is 3.76.